The molecule has 0 radical (unpaired) electrons. The van der Waals surface area contributed by atoms with E-state index in [1.54, 1.807) is 6.92 Å². The summed E-state index contributed by atoms with van der Waals surface area (Å²) in [5.41, 5.74) is 2.07. The van der Waals surface area contributed by atoms with Gasteiger partial charge in [0.25, 0.3) is 0 Å². The molecule has 2 aliphatic rings. The highest BCUT2D eigenvalue weighted by Crippen LogP contribution is 2.42. The van der Waals surface area contributed by atoms with Crippen LogP contribution < -0.4 is 16.0 Å². The van der Waals surface area contributed by atoms with Crippen molar-refractivity contribution in [3.8, 4) is 0 Å². The lowest BCUT2D eigenvalue weighted by atomic mass is 9.88. The van der Waals surface area contributed by atoms with Crippen LogP contribution in [-0.4, -0.2) is 25.2 Å². The van der Waals surface area contributed by atoms with Gasteiger partial charge >= 0.3 is 18.2 Å². The Hall–Kier alpha value is -2.11. The lowest BCUT2D eigenvalue weighted by molar-refractivity contribution is -0.135. The van der Waals surface area contributed by atoms with Gasteiger partial charge in [0.1, 0.15) is 9.88 Å². The number of esters is 1. The van der Waals surface area contributed by atoms with Crippen molar-refractivity contribution in [2.45, 2.75) is 58.8 Å². The Labute approximate surface area is 197 Å². The molecule has 2 aromatic rings. The highest BCUT2D eigenvalue weighted by atomic mass is 32.1. The van der Waals surface area contributed by atoms with Crippen molar-refractivity contribution >= 4 is 39.7 Å². The number of urea groups is 1. The van der Waals surface area contributed by atoms with Crippen LogP contribution in [0.5, 0.6) is 0 Å². The zero-order valence-corrected chi connectivity index (χ0v) is 20.0. The number of aryl methyl sites for hydroxylation is 1. The van der Waals surface area contributed by atoms with Crippen LogP contribution in [0, 0.1) is 5.92 Å². The van der Waals surface area contributed by atoms with Crippen LogP contribution in [0.3, 0.4) is 0 Å². The van der Waals surface area contributed by atoms with Gasteiger partial charge in [-0.3, -0.25) is 5.32 Å². The van der Waals surface area contributed by atoms with Gasteiger partial charge in [-0.1, -0.05) is 6.92 Å². The molecule has 3 N–H and O–H groups in total. The van der Waals surface area contributed by atoms with Gasteiger partial charge in [-0.05, 0) is 61.8 Å². The Kier molecular flexibility index (Phi) is 7.01. The van der Waals surface area contributed by atoms with Gasteiger partial charge in [-0.15, -0.1) is 22.7 Å². The van der Waals surface area contributed by atoms with E-state index in [1.165, 1.54) is 11.3 Å². The Bertz CT molecular complexity index is 1060. The minimum atomic E-state index is -4.48. The summed E-state index contributed by atoms with van der Waals surface area (Å²) in [5, 5.41) is 8.75. The fourth-order valence-electron chi connectivity index (χ4n) is 4.40. The van der Waals surface area contributed by atoms with Crippen molar-refractivity contribution in [1.82, 2.24) is 10.6 Å². The number of hydrogen-bond acceptors (Lipinski definition) is 6. The van der Waals surface area contributed by atoms with E-state index >= 15 is 0 Å². The Morgan fingerprint density at radius 3 is 2.70 bits per heavy atom. The van der Waals surface area contributed by atoms with Crippen LogP contribution in [0.2, 0.25) is 0 Å². The summed E-state index contributed by atoms with van der Waals surface area (Å²) in [5.74, 6) is -0.0693. The number of thiophene rings is 2. The SMILES string of the molecule is CCOC(=O)c1c(NC(=O)NCc2c(C(F)(F)F)sc3c2CCNC3)sc2c1CC(C)CC2. The van der Waals surface area contributed by atoms with E-state index in [4.69, 9.17) is 4.74 Å². The molecule has 0 spiro atoms. The lowest BCUT2D eigenvalue weighted by Gasteiger charge is -2.18. The zero-order valence-electron chi connectivity index (χ0n) is 18.4. The number of nitrogens with one attached hydrogen (secondary N) is 3. The lowest BCUT2D eigenvalue weighted by Crippen LogP contribution is -2.30. The molecule has 3 heterocycles. The zero-order chi connectivity index (χ0) is 23.8. The summed E-state index contributed by atoms with van der Waals surface area (Å²) < 4.78 is 46.0. The van der Waals surface area contributed by atoms with Crippen LogP contribution in [0.4, 0.5) is 23.0 Å². The molecule has 1 aliphatic carbocycles. The van der Waals surface area contributed by atoms with Gasteiger partial charge < -0.3 is 15.4 Å². The molecular weight excluding hydrogens is 475 g/mol. The van der Waals surface area contributed by atoms with Gasteiger partial charge in [-0.25, -0.2) is 9.59 Å². The van der Waals surface area contributed by atoms with Crippen molar-refractivity contribution in [2.24, 2.45) is 5.92 Å². The van der Waals surface area contributed by atoms with E-state index in [2.05, 4.69) is 22.9 Å². The van der Waals surface area contributed by atoms with Crippen LogP contribution >= 0.6 is 22.7 Å². The molecule has 2 aromatic heterocycles. The van der Waals surface area contributed by atoms with Gasteiger partial charge in [0, 0.05) is 22.8 Å². The van der Waals surface area contributed by atoms with Crippen LogP contribution in [0.15, 0.2) is 0 Å². The molecule has 2 amide bonds. The molecule has 1 unspecified atom stereocenters. The number of alkyl halides is 3. The molecule has 6 nitrogen and oxygen atoms in total. The van der Waals surface area contributed by atoms with Gasteiger partial charge in [0.05, 0.1) is 12.2 Å². The van der Waals surface area contributed by atoms with Crippen molar-refractivity contribution in [1.29, 1.82) is 0 Å². The van der Waals surface area contributed by atoms with Crippen molar-refractivity contribution in [3.05, 3.63) is 36.9 Å². The standard InChI is InChI=1S/C22H26F3N3O3S2/c1-3-31-20(29)17-13-8-11(2)4-5-15(13)33-19(17)28-21(30)27-9-14-12-6-7-26-10-16(12)32-18(14)22(23,24)25/h11,26H,3-10H2,1-2H3,(H2,27,28,30). The molecule has 0 saturated carbocycles. The largest absolute Gasteiger partial charge is 0.462 e. The number of ether oxygens (including phenoxy) is 1. The number of carbonyl (C=O) groups is 2. The molecular formula is C22H26F3N3O3S2. The Balaban J connectivity index is 1.54. The van der Waals surface area contributed by atoms with Gasteiger partial charge in [-0.2, -0.15) is 13.2 Å². The first-order chi connectivity index (χ1) is 15.7. The van der Waals surface area contributed by atoms with E-state index in [1.807, 2.05) is 0 Å². The Morgan fingerprint density at radius 1 is 1.18 bits per heavy atom. The summed E-state index contributed by atoms with van der Waals surface area (Å²) in [4.78, 5) is 26.4. The number of carbonyl (C=O) groups excluding carboxylic acids is 2. The van der Waals surface area contributed by atoms with Crippen LogP contribution in [-0.2, 0) is 43.3 Å². The highest BCUT2D eigenvalue weighted by molar-refractivity contribution is 7.17. The monoisotopic (exact) mass is 501 g/mol. The summed E-state index contributed by atoms with van der Waals surface area (Å²) >= 11 is 2.08. The normalized spacial score (nSPS) is 17.8. The number of rotatable bonds is 5. The summed E-state index contributed by atoms with van der Waals surface area (Å²) in [6.07, 6.45) is -1.44. The third-order valence-electron chi connectivity index (χ3n) is 5.93. The fraction of sp³-hybridized carbons (Fsp3) is 0.545. The van der Waals surface area contributed by atoms with Gasteiger partial charge in [0.2, 0.25) is 0 Å². The second-order valence-electron chi connectivity index (χ2n) is 8.32. The van der Waals surface area contributed by atoms with Crippen LogP contribution in [0.1, 0.15) is 61.9 Å². The average molecular weight is 502 g/mol. The first-order valence-corrected chi connectivity index (χ1v) is 12.6. The molecule has 0 bridgehead atoms. The van der Waals surface area contributed by atoms with E-state index in [0.717, 1.165) is 41.0 Å². The number of fused-ring (bicyclic) bond motifs is 2. The van der Waals surface area contributed by atoms with Crippen molar-refractivity contribution in [2.75, 3.05) is 18.5 Å². The predicted octanol–water partition coefficient (Wildman–Crippen LogP) is 5.10. The molecule has 0 fully saturated rings. The summed E-state index contributed by atoms with van der Waals surface area (Å²) in [7, 11) is 0. The highest BCUT2D eigenvalue weighted by Gasteiger charge is 2.38. The number of hydrogen-bond donors (Lipinski definition) is 3. The summed E-state index contributed by atoms with van der Waals surface area (Å²) in [6.45, 7) is 4.81. The maximum atomic E-state index is 13.6. The molecule has 0 aromatic carbocycles. The molecule has 11 heteroatoms. The first-order valence-electron chi connectivity index (χ1n) is 11.0. The fourth-order valence-corrected chi connectivity index (χ4v) is 6.83. The summed E-state index contributed by atoms with van der Waals surface area (Å²) in [6, 6.07) is -0.644. The molecule has 180 valence electrons. The maximum Gasteiger partial charge on any atom is 0.425 e. The second kappa shape index (κ2) is 9.63. The van der Waals surface area contributed by atoms with Crippen LogP contribution in [0.25, 0.3) is 0 Å². The number of halogens is 3. The maximum absolute atomic E-state index is 13.6. The second-order valence-corrected chi connectivity index (χ2v) is 10.5. The molecule has 4 rings (SSSR count). The Morgan fingerprint density at radius 2 is 1.97 bits per heavy atom. The number of anilines is 1. The van der Waals surface area contributed by atoms with Crippen molar-refractivity contribution < 1.29 is 27.5 Å². The number of amides is 2. The van der Waals surface area contributed by atoms with E-state index in [-0.39, 0.29) is 18.7 Å². The minimum absolute atomic E-state index is 0.129. The third kappa shape index (κ3) is 5.04. The predicted molar refractivity (Wildman–Crippen MR) is 122 cm³/mol. The first kappa shape index (κ1) is 24.0. The quantitative estimate of drug-likeness (QED) is 0.499. The topological polar surface area (TPSA) is 79.5 Å². The smallest absolute Gasteiger partial charge is 0.425 e. The van der Waals surface area contributed by atoms with Crippen molar-refractivity contribution in [3.63, 3.8) is 0 Å². The van der Waals surface area contributed by atoms with E-state index in [0.29, 0.717) is 46.4 Å². The van der Waals surface area contributed by atoms with E-state index < -0.39 is 23.1 Å². The minimum Gasteiger partial charge on any atom is -0.462 e. The van der Waals surface area contributed by atoms with E-state index in [9.17, 15) is 22.8 Å². The average Bonchev–Trinajstić information content (AvgIpc) is 3.30. The molecule has 0 saturated heterocycles. The molecule has 1 aliphatic heterocycles. The van der Waals surface area contributed by atoms with Gasteiger partial charge in [0.15, 0.2) is 0 Å². The molecule has 1 atom stereocenters. The molecule has 33 heavy (non-hydrogen) atoms. The third-order valence-corrected chi connectivity index (χ3v) is 8.46.